The quantitative estimate of drug-likeness (QED) is 0.657. The maximum absolute atomic E-state index is 6.25. The van der Waals surface area contributed by atoms with E-state index in [1.54, 1.807) is 0 Å². The lowest BCUT2D eigenvalue weighted by Crippen LogP contribution is -2.11. The maximum Gasteiger partial charge on any atom is 0.0723 e. The number of para-hydroxylation sites is 1. The number of nitrogens with one attached hydrogen (secondary N) is 1. The van der Waals surface area contributed by atoms with E-state index < -0.39 is 0 Å². The van der Waals surface area contributed by atoms with Gasteiger partial charge in [0.25, 0.3) is 0 Å². The Kier molecular flexibility index (Phi) is 5.75. The zero-order valence-corrected chi connectivity index (χ0v) is 13.1. The Morgan fingerprint density at radius 3 is 2.20 bits per heavy atom. The molecule has 0 bridgehead atoms. The summed E-state index contributed by atoms with van der Waals surface area (Å²) in [5.41, 5.74) is 2.08. The lowest BCUT2D eigenvalue weighted by atomic mass is 10.0. The molecular formula is C17H19Cl2N. The van der Waals surface area contributed by atoms with E-state index in [0.717, 1.165) is 18.5 Å². The van der Waals surface area contributed by atoms with Gasteiger partial charge in [-0.15, -0.1) is 0 Å². The van der Waals surface area contributed by atoms with E-state index in [1.807, 2.05) is 24.3 Å². The maximum atomic E-state index is 6.25. The molecule has 0 radical (unpaired) electrons. The summed E-state index contributed by atoms with van der Waals surface area (Å²) in [4.78, 5) is 0. The third-order valence-electron chi connectivity index (χ3n) is 3.33. The standard InChI is InChI=1S/C17H19Cl2N/c1-2-3-12-16(13-8-5-4-6-9-13)20-17-14(18)10-7-11-15(17)19/h4-11,16,20H,2-3,12H2,1H3. The van der Waals surface area contributed by atoms with Crippen LogP contribution < -0.4 is 5.32 Å². The molecule has 1 unspecified atom stereocenters. The summed E-state index contributed by atoms with van der Waals surface area (Å²) in [6.07, 6.45) is 3.39. The zero-order chi connectivity index (χ0) is 14.4. The Balaban J connectivity index is 2.24. The van der Waals surface area contributed by atoms with Crippen LogP contribution >= 0.6 is 23.2 Å². The van der Waals surface area contributed by atoms with Crippen molar-refractivity contribution in [3.05, 3.63) is 64.1 Å². The van der Waals surface area contributed by atoms with Gasteiger partial charge in [-0.05, 0) is 24.1 Å². The number of unbranched alkanes of at least 4 members (excludes halogenated alkanes) is 1. The third kappa shape index (κ3) is 3.91. The molecule has 106 valence electrons. The highest BCUT2D eigenvalue weighted by molar-refractivity contribution is 6.39. The molecule has 3 heteroatoms. The molecule has 0 saturated heterocycles. The number of anilines is 1. The van der Waals surface area contributed by atoms with Gasteiger partial charge in [-0.1, -0.05) is 79.4 Å². The molecule has 0 aliphatic carbocycles. The molecule has 2 rings (SSSR count). The van der Waals surface area contributed by atoms with Crippen LogP contribution in [0, 0.1) is 0 Å². The van der Waals surface area contributed by atoms with Gasteiger partial charge >= 0.3 is 0 Å². The van der Waals surface area contributed by atoms with Crippen LogP contribution in [0.25, 0.3) is 0 Å². The van der Waals surface area contributed by atoms with Crippen LogP contribution in [-0.4, -0.2) is 0 Å². The van der Waals surface area contributed by atoms with Crippen molar-refractivity contribution in [2.45, 2.75) is 32.2 Å². The summed E-state index contributed by atoms with van der Waals surface area (Å²) in [5.74, 6) is 0. The van der Waals surface area contributed by atoms with Gasteiger partial charge in [0.1, 0.15) is 0 Å². The molecule has 1 N–H and O–H groups in total. The van der Waals surface area contributed by atoms with Crippen LogP contribution in [0.15, 0.2) is 48.5 Å². The highest BCUT2D eigenvalue weighted by atomic mass is 35.5. The first-order valence-corrected chi connectivity index (χ1v) is 7.73. The SMILES string of the molecule is CCCCC(Nc1c(Cl)cccc1Cl)c1ccccc1. The molecule has 20 heavy (non-hydrogen) atoms. The van der Waals surface area contributed by atoms with E-state index >= 15 is 0 Å². The van der Waals surface area contributed by atoms with Crippen molar-refractivity contribution >= 4 is 28.9 Å². The molecule has 0 amide bonds. The minimum Gasteiger partial charge on any atom is -0.376 e. The lowest BCUT2D eigenvalue weighted by molar-refractivity contribution is 0.634. The fraction of sp³-hybridized carbons (Fsp3) is 0.294. The lowest BCUT2D eigenvalue weighted by Gasteiger charge is -2.22. The molecule has 0 aliphatic heterocycles. The van der Waals surface area contributed by atoms with Crippen molar-refractivity contribution in [3.63, 3.8) is 0 Å². The normalized spacial score (nSPS) is 12.2. The van der Waals surface area contributed by atoms with Crippen LogP contribution in [-0.2, 0) is 0 Å². The molecule has 0 saturated carbocycles. The summed E-state index contributed by atoms with van der Waals surface area (Å²) < 4.78 is 0. The summed E-state index contributed by atoms with van der Waals surface area (Å²) in [5, 5.41) is 4.83. The van der Waals surface area contributed by atoms with Crippen molar-refractivity contribution in [1.29, 1.82) is 0 Å². The van der Waals surface area contributed by atoms with Crippen molar-refractivity contribution in [1.82, 2.24) is 0 Å². The Morgan fingerprint density at radius 1 is 0.950 bits per heavy atom. The van der Waals surface area contributed by atoms with E-state index in [2.05, 4.69) is 36.5 Å². The van der Waals surface area contributed by atoms with E-state index in [1.165, 1.54) is 12.0 Å². The van der Waals surface area contributed by atoms with Crippen LogP contribution in [0.1, 0.15) is 37.8 Å². The highest BCUT2D eigenvalue weighted by Crippen LogP contribution is 2.34. The number of benzene rings is 2. The molecule has 0 aromatic heterocycles. The molecule has 2 aromatic rings. The fourth-order valence-electron chi connectivity index (χ4n) is 2.23. The first-order chi connectivity index (χ1) is 9.72. The van der Waals surface area contributed by atoms with Gasteiger partial charge in [-0.2, -0.15) is 0 Å². The second-order valence-corrected chi connectivity index (χ2v) is 5.66. The molecule has 1 atom stereocenters. The van der Waals surface area contributed by atoms with E-state index in [0.29, 0.717) is 10.0 Å². The molecular weight excluding hydrogens is 289 g/mol. The van der Waals surface area contributed by atoms with Gasteiger partial charge in [-0.3, -0.25) is 0 Å². The van der Waals surface area contributed by atoms with Crippen LogP contribution in [0.3, 0.4) is 0 Å². The average molecular weight is 308 g/mol. The van der Waals surface area contributed by atoms with E-state index in [-0.39, 0.29) is 6.04 Å². The second-order valence-electron chi connectivity index (χ2n) is 4.85. The second kappa shape index (κ2) is 7.56. The fourth-order valence-corrected chi connectivity index (χ4v) is 2.73. The van der Waals surface area contributed by atoms with Gasteiger partial charge in [0.15, 0.2) is 0 Å². The Bertz CT molecular complexity index is 520. The minimum absolute atomic E-state index is 0.230. The first kappa shape index (κ1) is 15.2. The first-order valence-electron chi connectivity index (χ1n) is 6.98. The Hall–Kier alpha value is -1.18. The monoisotopic (exact) mass is 307 g/mol. The van der Waals surface area contributed by atoms with Crippen molar-refractivity contribution in [3.8, 4) is 0 Å². The number of hydrogen-bond acceptors (Lipinski definition) is 1. The zero-order valence-electron chi connectivity index (χ0n) is 11.6. The summed E-state index contributed by atoms with van der Waals surface area (Å²) in [6.45, 7) is 2.20. The molecule has 1 nitrogen and oxygen atoms in total. The van der Waals surface area contributed by atoms with E-state index in [4.69, 9.17) is 23.2 Å². The summed E-state index contributed by atoms with van der Waals surface area (Å²) in [7, 11) is 0. The summed E-state index contributed by atoms with van der Waals surface area (Å²) >= 11 is 12.5. The van der Waals surface area contributed by atoms with E-state index in [9.17, 15) is 0 Å². The predicted octanol–water partition coefficient (Wildman–Crippen LogP) is 6.34. The predicted molar refractivity (Wildman–Crippen MR) is 88.8 cm³/mol. The topological polar surface area (TPSA) is 12.0 Å². The van der Waals surface area contributed by atoms with Gasteiger partial charge in [0.05, 0.1) is 21.8 Å². The molecule has 0 aliphatic rings. The van der Waals surface area contributed by atoms with Crippen LogP contribution in [0.2, 0.25) is 10.0 Å². The third-order valence-corrected chi connectivity index (χ3v) is 3.96. The Morgan fingerprint density at radius 2 is 1.60 bits per heavy atom. The molecule has 0 fully saturated rings. The number of hydrogen-bond donors (Lipinski definition) is 1. The molecule has 2 aromatic carbocycles. The number of halogens is 2. The largest absolute Gasteiger partial charge is 0.376 e. The molecule has 0 spiro atoms. The summed E-state index contributed by atoms with van der Waals surface area (Å²) in [6, 6.07) is 16.2. The van der Waals surface area contributed by atoms with Gasteiger partial charge < -0.3 is 5.32 Å². The van der Waals surface area contributed by atoms with Gasteiger partial charge in [0.2, 0.25) is 0 Å². The van der Waals surface area contributed by atoms with Crippen LogP contribution in [0.5, 0.6) is 0 Å². The van der Waals surface area contributed by atoms with Crippen LogP contribution in [0.4, 0.5) is 5.69 Å². The van der Waals surface area contributed by atoms with Gasteiger partial charge in [0, 0.05) is 0 Å². The number of rotatable bonds is 6. The van der Waals surface area contributed by atoms with Crippen molar-refractivity contribution in [2.75, 3.05) is 5.32 Å². The minimum atomic E-state index is 0.230. The highest BCUT2D eigenvalue weighted by Gasteiger charge is 2.14. The van der Waals surface area contributed by atoms with Gasteiger partial charge in [-0.25, -0.2) is 0 Å². The average Bonchev–Trinajstić information content (AvgIpc) is 2.47. The smallest absolute Gasteiger partial charge is 0.0723 e. The van der Waals surface area contributed by atoms with Crippen molar-refractivity contribution in [2.24, 2.45) is 0 Å². The van der Waals surface area contributed by atoms with Crippen molar-refractivity contribution < 1.29 is 0 Å². The Labute approximate surface area is 130 Å². The molecule has 0 heterocycles.